The lowest BCUT2D eigenvalue weighted by Crippen LogP contribution is -2.40. The number of halogens is 1. The van der Waals surface area contributed by atoms with Crippen LogP contribution in [0.5, 0.6) is 0 Å². The third-order valence-electron chi connectivity index (χ3n) is 4.23. The van der Waals surface area contributed by atoms with Crippen LogP contribution < -0.4 is 10.2 Å². The molecule has 4 heterocycles. The van der Waals surface area contributed by atoms with E-state index in [1.54, 1.807) is 6.26 Å². The number of anilines is 1. The summed E-state index contributed by atoms with van der Waals surface area (Å²) >= 11 is 3.37. The minimum absolute atomic E-state index is 0.589. The van der Waals surface area contributed by atoms with Crippen molar-refractivity contribution in [1.82, 2.24) is 20.5 Å². The molecule has 2 saturated heterocycles. The number of aromatic nitrogens is 3. The van der Waals surface area contributed by atoms with E-state index in [0.717, 1.165) is 42.9 Å². The zero-order valence-electron chi connectivity index (χ0n) is 11.0. The van der Waals surface area contributed by atoms with Gasteiger partial charge in [-0.3, -0.25) is 5.10 Å². The van der Waals surface area contributed by atoms with Crippen LogP contribution in [0.1, 0.15) is 12.8 Å². The summed E-state index contributed by atoms with van der Waals surface area (Å²) in [5.74, 6) is 2.25. The molecule has 2 aromatic rings. The van der Waals surface area contributed by atoms with Gasteiger partial charge in [0.1, 0.15) is 0 Å². The predicted molar refractivity (Wildman–Crippen MR) is 78.5 cm³/mol. The van der Waals surface area contributed by atoms with Crippen molar-refractivity contribution in [3.05, 3.63) is 17.0 Å². The number of fused-ring (bicyclic) bond motifs is 1. The molecule has 0 amide bonds. The van der Waals surface area contributed by atoms with E-state index < -0.39 is 0 Å². The van der Waals surface area contributed by atoms with E-state index in [1.807, 2.05) is 6.07 Å². The first-order valence-electron chi connectivity index (χ1n) is 6.95. The monoisotopic (exact) mass is 337 g/mol. The summed E-state index contributed by atoms with van der Waals surface area (Å²) < 4.78 is 5.91. The Morgan fingerprint density at radius 1 is 1.40 bits per heavy atom. The molecule has 2 atom stereocenters. The molecule has 7 heteroatoms. The van der Waals surface area contributed by atoms with Gasteiger partial charge in [0.15, 0.2) is 10.5 Å². The Kier molecular flexibility index (Phi) is 3.03. The molecule has 0 aliphatic carbocycles. The molecule has 20 heavy (non-hydrogen) atoms. The second kappa shape index (κ2) is 4.89. The minimum atomic E-state index is 0.589. The van der Waals surface area contributed by atoms with Gasteiger partial charge in [-0.2, -0.15) is 4.98 Å². The third-order valence-corrected chi connectivity index (χ3v) is 4.84. The van der Waals surface area contributed by atoms with E-state index in [1.165, 1.54) is 12.8 Å². The van der Waals surface area contributed by atoms with Crippen molar-refractivity contribution in [2.45, 2.75) is 18.9 Å². The summed E-state index contributed by atoms with van der Waals surface area (Å²) in [5.41, 5.74) is 0.901. The maximum Gasteiger partial charge on any atom is 0.245 e. The normalized spacial score (nSPS) is 25.9. The summed E-state index contributed by atoms with van der Waals surface area (Å²) in [6.45, 7) is 3.17. The Morgan fingerprint density at radius 2 is 2.35 bits per heavy atom. The fourth-order valence-electron chi connectivity index (χ4n) is 3.19. The van der Waals surface area contributed by atoms with Gasteiger partial charge in [0, 0.05) is 19.1 Å². The number of hydrogen-bond donors (Lipinski definition) is 2. The van der Waals surface area contributed by atoms with Gasteiger partial charge in [0.2, 0.25) is 5.95 Å². The number of piperidine rings is 1. The van der Waals surface area contributed by atoms with Crippen molar-refractivity contribution >= 4 is 21.9 Å². The van der Waals surface area contributed by atoms with Crippen molar-refractivity contribution in [3.63, 3.8) is 0 Å². The number of hydrogen-bond acceptors (Lipinski definition) is 5. The number of H-pyrrole nitrogens is 1. The van der Waals surface area contributed by atoms with Crippen LogP contribution in [0.25, 0.3) is 11.4 Å². The average molecular weight is 338 g/mol. The van der Waals surface area contributed by atoms with E-state index in [9.17, 15) is 0 Å². The molecule has 2 fully saturated rings. The Balaban J connectivity index is 1.55. The topological polar surface area (TPSA) is 70.0 Å². The molecule has 0 saturated carbocycles. The van der Waals surface area contributed by atoms with Gasteiger partial charge in [0.05, 0.1) is 11.8 Å². The van der Waals surface area contributed by atoms with Crippen LogP contribution in [0.3, 0.4) is 0 Å². The second-order valence-electron chi connectivity index (χ2n) is 5.46. The zero-order valence-corrected chi connectivity index (χ0v) is 12.6. The highest BCUT2D eigenvalue weighted by atomic mass is 79.9. The molecule has 0 bridgehead atoms. The molecular formula is C13H16BrN5O. The third kappa shape index (κ3) is 2.05. The highest BCUT2D eigenvalue weighted by Gasteiger charge is 2.35. The Hall–Kier alpha value is -1.34. The Bertz CT molecular complexity index is 595. The van der Waals surface area contributed by atoms with Crippen LogP contribution in [-0.4, -0.2) is 40.9 Å². The van der Waals surface area contributed by atoms with E-state index in [-0.39, 0.29) is 0 Å². The summed E-state index contributed by atoms with van der Waals surface area (Å²) in [6, 6.07) is 2.46. The van der Waals surface area contributed by atoms with Crippen LogP contribution in [0, 0.1) is 5.92 Å². The van der Waals surface area contributed by atoms with Gasteiger partial charge < -0.3 is 14.6 Å². The molecular weight excluding hydrogens is 322 g/mol. The summed E-state index contributed by atoms with van der Waals surface area (Å²) in [5, 5.41) is 10.9. The number of nitrogens with zero attached hydrogens (tertiary/aromatic N) is 3. The fraction of sp³-hybridized carbons (Fsp3) is 0.538. The van der Waals surface area contributed by atoms with Gasteiger partial charge in [-0.15, -0.1) is 5.10 Å². The number of aromatic amines is 1. The lowest BCUT2D eigenvalue weighted by molar-refractivity contribution is 0.340. The average Bonchev–Trinajstić information content (AvgIpc) is 3.15. The molecule has 2 aromatic heterocycles. The van der Waals surface area contributed by atoms with Gasteiger partial charge in [-0.05, 0) is 47.3 Å². The molecule has 106 valence electrons. The molecule has 2 N–H and O–H groups in total. The largest absolute Gasteiger partial charge is 0.457 e. The van der Waals surface area contributed by atoms with Crippen LogP contribution in [-0.2, 0) is 0 Å². The predicted octanol–water partition coefficient (Wildman–Crippen LogP) is 2.02. The van der Waals surface area contributed by atoms with Crippen molar-refractivity contribution < 1.29 is 4.42 Å². The summed E-state index contributed by atoms with van der Waals surface area (Å²) in [7, 11) is 0. The highest BCUT2D eigenvalue weighted by molar-refractivity contribution is 9.10. The quantitative estimate of drug-likeness (QED) is 0.877. The molecule has 2 aliphatic rings. The highest BCUT2D eigenvalue weighted by Crippen LogP contribution is 2.30. The van der Waals surface area contributed by atoms with Crippen LogP contribution in [0.4, 0.5) is 5.95 Å². The van der Waals surface area contributed by atoms with Gasteiger partial charge in [-0.25, -0.2) is 0 Å². The Labute approximate surface area is 125 Å². The van der Waals surface area contributed by atoms with Crippen molar-refractivity contribution in [1.29, 1.82) is 0 Å². The SMILES string of the molecule is Brc1occc1-c1nc(N2CC3CCCNC3C2)n[nH]1. The first kappa shape index (κ1) is 12.4. The van der Waals surface area contributed by atoms with Crippen LogP contribution >= 0.6 is 15.9 Å². The van der Waals surface area contributed by atoms with Crippen molar-refractivity contribution in [2.24, 2.45) is 5.92 Å². The smallest absolute Gasteiger partial charge is 0.245 e. The van der Waals surface area contributed by atoms with Crippen molar-refractivity contribution in [2.75, 3.05) is 24.5 Å². The van der Waals surface area contributed by atoms with Crippen LogP contribution in [0.2, 0.25) is 0 Å². The number of nitrogens with one attached hydrogen (secondary N) is 2. The second-order valence-corrected chi connectivity index (χ2v) is 6.18. The first-order valence-corrected chi connectivity index (χ1v) is 7.74. The summed E-state index contributed by atoms with van der Waals surface area (Å²) in [4.78, 5) is 6.86. The molecule has 2 aliphatic heterocycles. The standard InChI is InChI=1S/C13H16BrN5O/c14-11-9(3-5-20-11)12-16-13(18-17-12)19-6-8-2-1-4-15-10(8)7-19/h3,5,8,10,15H,1-2,4,6-7H2,(H,16,17,18). The zero-order chi connectivity index (χ0) is 13.5. The van der Waals surface area contributed by atoms with E-state index in [0.29, 0.717) is 10.7 Å². The molecule has 6 nitrogen and oxygen atoms in total. The molecule has 0 spiro atoms. The Morgan fingerprint density at radius 3 is 3.15 bits per heavy atom. The van der Waals surface area contributed by atoms with Gasteiger partial charge in [0.25, 0.3) is 0 Å². The molecule has 0 aromatic carbocycles. The van der Waals surface area contributed by atoms with E-state index in [2.05, 4.69) is 41.3 Å². The first-order chi connectivity index (χ1) is 9.81. The fourth-order valence-corrected chi connectivity index (χ4v) is 3.62. The maximum absolute atomic E-state index is 5.24. The molecule has 2 unspecified atom stereocenters. The maximum atomic E-state index is 5.24. The molecule has 0 radical (unpaired) electrons. The number of rotatable bonds is 2. The number of furan rings is 1. The summed E-state index contributed by atoms with van der Waals surface area (Å²) in [6.07, 6.45) is 4.21. The van der Waals surface area contributed by atoms with E-state index >= 15 is 0 Å². The molecule has 4 rings (SSSR count). The minimum Gasteiger partial charge on any atom is -0.457 e. The van der Waals surface area contributed by atoms with Gasteiger partial charge in [-0.1, -0.05) is 0 Å². The lowest BCUT2D eigenvalue weighted by atomic mass is 9.94. The van der Waals surface area contributed by atoms with E-state index in [4.69, 9.17) is 4.42 Å². The van der Waals surface area contributed by atoms with Crippen LogP contribution in [0.15, 0.2) is 21.4 Å². The van der Waals surface area contributed by atoms with Gasteiger partial charge >= 0.3 is 0 Å². The lowest BCUT2D eigenvalue weighted by Gasteiger charge is -2.24. The van der Waals surface area contributed by atoms with Crippen molar-refractivity contribution in [3.8, 4) is 11.4 Å².